The summed E-state index contributed by atoms with van der Waals surface area (Å²) in [6.07, 6.45) is 1.66. The van der Waals surface area contributed by atoms with Gasteiger partial charge in [0.1, 0.15) is 12.7 Å². The van der Waals surface area contributed by atoms with E-state index >= 15 is 0 Å². The Bertz CT molecular complexity index is 500. The topological polar surface area (TPSA) is 67.4 Å². The van der Waals surface area contributed by atoms with Gasteiger partial charge < -0.3 is 4.74 Å². The predicted octanol–water partition coefficient (Wildman–Crippen LogP) is 2.71. The highest BCUT2D eigenvalue weighted by Crippen LogP contribution is 2.61. The van der Waals surface area contributed by atoms with Crippen LogP contribution >= 0.6 is 0 Å². The molecule has 0 heterocycles. The van der Waals surface area contributed by atoms with E-state index in [1.807, 2.05) is 0 Å². The Morgan fingerprint density at radius 1 is 1.08 bits per heavy atom. The van der Waals surface area contributed by atoms with Crippen molar-refractivity contribution >= 4 is 11.8 Å². The van der Waals surface area contributed by atoms with Crippen molar-refractivity contribution in [3.05, 3.63) is 0 Å². The van der Waals surface area contributed by atoms with Gasteiger partial charge in [-0.3, -0.25) is 20.4 Å². The number of amides is 2. The average Bonchev–Trinajstić information content (AvgIpc) is 2.47. The minimum Gasteiger partial charge on any atom is -0.359 e. The molecule has 4 fully saturated rings. The zero-order valence-corrected chi connectivity index (χ0v) is 14.3. The zero-order valence-electron chi connectivity index (χ0n) is 14.3. The summed E-state index contributed by atoms with van der Waals surface area (Å²) < 4.78 is 40.7. The fourth-order valence-corrected chi connectivity index (χ4v) is 5.42. The SMILES string of the molecule is C[C@@H](OCC(F)(F)F)C(=O)NNC(=O)CC12CC3CC(CC(C3)C1)C2. The van der Waals surface area contributed by atoms with Crippen molar-refractivity contribution in [3.63, 3.8) is 0 Å². The molecule has 4 saturated carbocycles. The summed E-state index contributed by atoms with van der Waals surface area (Å²) >= 11 is 0. The first-order valence-corrected chi connectivity index (χ1v) is 8.91. The van der Waals surface area contributed by atoms with Crippen LogP contribution in [0.4, 0.5) is 13.2 Å². The molecule has 4 bridgehead atoms. The smallest absolute Gasteiger partial charge is 0.359 e. The average molecular weight is 362 g/mol. The molecule has 0 aromatic rings. The van der Waals surface area contributed by atoms with Gasteiger partial charge in [-0.25, -0.2) is 0 Å². The van der Waals surface area contributed by atoms with Gasteiger partial charge in [0.25, 0.3) is 5.91 Å². The van der Waals surface area contributed by atoms with E-state index in [0.29, 0.717) is 6.42 Å². The third-order valence-corrected chi connectivity index (χ3v) is 5.89. The van der Waals surface area contributed by atoms with E-state index in [1.165, 1.54) is 26.2 Å². The second-order valence-corrected chi connectivity index (χ2v) is 8.20. The Balaban J connectivity index is 1.43. The standard InChI is InChI=1S/C17H25F3N2O3/c1-10(25-9-17(18,19)20)15(24)22-21-14(23)8-16-5-11-2-12(6-16)4-13(3-11)7-16/h10-13H,2-9H2,1H3,(H,21,23)(H,22,24)/t10-,11?,12?,13?,16?/m1/s1. The summed E-state index contributed by atoms with van der Waals surface area (Å²) in [6.45, 7) is -0.283. The molecule has 1 atom stereocenters. The lowest BCUT2D eigenvalue weighted by molar-refractivity contribution is -0.186. The van der Waals surface area contributed by atoms with Gasteiger partial charge in [-0.1, -0.05) is 0 Å². The molecule has 0 unspecified atom stereocenters. The molecule has 5 nitrogen and oxygen atoms in total. The van der Waals surface area contributed by atoms with Gasteiger partial charge in [0.15, 0.2) is 0 Å². The summed E-state index contributed by atoms with van der Waals surface area (Å²) in [5, 5.41) is 0. The number of halogens is 3. The third-order valence-electron chi connectivity index (χ3n) is 5.89. The molecule has 142 valence electrons. The lowest BCUT2D eigenvalue weighted by Gasteiger charge is -2.56. The number of hydrazine groups is 1. The van der Waals surface area contributed by atoms with E-state index in [-0.39, 0.29) is 11.3 Å². The molecule has 4 aliphatic rings. The van der Waals surface area contributed by atoms with Crippen LogP contribution in [0.3, 0.4) is 0 Å². The first-order chi connectivity index (χ1) is 11.6. The van der Waals surface area contributed by atoms with E-state index in [2.05, 4.69) is 15.6 Å². The fraction of sp³-hybridized carbons (Fsp3) is 0.882. The van der Waals surface area contributed by atoms with Crippen LogP contribution in [0.1, 0.15) is 51.9 Å². The number of rotatable bonds is 5. The quantitative estimate of drug-likeness (QED) is 0.739. The number of carbonyl (C=O) groups excluding carboxylic acids is 2. The Kier molecular flexibility index (Phi) is 5.01. The monoisotopic (exact) mass is 362 g/mol. The number of ether oxygens (including phenoxy) is 1. The molecule has 0 aliphatic heterocycles. The highest BCUT2D eigenvalue weighted by molar-refractivity contribution is 5.84. The maximum atomic E-state index is 12.2. The number of nitrogens with one attached hydrogen (secondary N) is 2. The number of hydrogen-bond donors (Lipinski definition) is 2. The maximum Gasteiger partial charge on any atom is 0.411 e. The molecular formula is C17H25F3N2O3. The normalized spacial score (nSPS) is 34.6. The molecule has 2 amide bonds. The first-order valence-electron chi connectivity index (χ1n) is 8.91. The molecule has 0 aromatic carbocycles. The van der Waals surface area contributed by atoms with Gasteiger partial charge in [0.05, 0.1) is 0 Å². The molecule has 4 aliphatic carbocycles. The number of hydrogen-bond acceptors (Lipinski definition) is 3. The molecule has 2 N–H and O–H groups in total. The van der Waals surface area contributed by atoms with E-state index < -0.39 is 24.8 Å². The molecule has 4 rings (SSSR count). The summed E-state index contributed by atoms with van der Waals surface area (Å²) in [5.74, 6) is 1.11. The van der Waals surface area contributed by atoms with Gasteiger partial charge in [0.2, 0.25) is 5.91 Å². The van der Waals surface area contributed by atoms with Crippen LogP contribution in [0.2, 0.25) is 0 Å². The van der Waals surface area contributed by atoms with E-state index in [0.717, 1.165) is 37.0 Å². The summed E-state index contributed by atoms with van der Waals surface area (Å²) in [5.41, 5.74) is 4.55. The van der Waals surface area contributed by atoms with Crippen molar-refractivity contribution in [2.75, 3.05) is 6.61 Å². The molecular weight excluding hydrogens is 337 g/mol. The van der Waals surface area contributed by atoms with E-state index in [9.17, 15) is 22.8 Å². The van der Waals surface area contributed by atoms with Crippen molar-refractivity contribution in [2.45, 2.75) is 64.1 Å². The molecule has 0 saturated heterocycles. The van der Waals surface area contributed by atoms with Gasteiger partial charge in [0, 0.05) is 6.42 Å². The maximum absolute atomic E-state index is 12.2. The summed E-state index contributed by atoms with van der Waals surface area (Å²) in [4.78, 5) is 23.9. The van der Waals surface area contributed by atoms with Crippen molar-refractivity contribution in [1.82, 2.24) is 10.9 Å². The van der Waals surface area contributed by atoms with Crippen LogP contribution in [0.25, 0.3) is 0 Å². The highest BCUT2D eigenvalue weighted by atomic mass is 19.4. The molecule has 25 heavy (non-hydrogen) atoms. The van der Waals surface area contributed by atoms with Crippen LogP contribution in [0.5, 0.6) is 0 Å². The fourth-order valence-electron chi connectivity index (χ4n) is 5.42. The highest BCUT2D eigenvalue weighted by Gasteiger charge is 2.51. The number of carbonyl (C=O) groups is 2. The first kappa shape index (κ1) is 18.5. The van der Waals surface area contributed by atoms with Gasteiger partial charge in [-0.2, -0.15) is 13.2 Å². The predicted molar refractivity (Wildman–Crippen MR) is 83.0 cm³/mol. The lowest BCUT2D eigenvalue weighted by atomic mass is 9.49. The molecule has 0 radical (unpaired) electrons. The zero-order chi connectivity index (χ0) is 18.2. The van der Waals surface area contributed by atoms with Gasteiger partial charge in [-0.15, -0.1) is 0 Å². The van der Waals surface area contributed by atoms with Crippen molar-refractivity contribution in [1.29, 1.82) is 0 Å². The van der Waals surface area contributed by atoms with Crippen LogP contribution in [0, 0.1) is 23.2 Å². The van der Waals surface area contributed by atoms with Crippen LogP contribution in [0.15, 0.2) is 0 Å². The Hall–Kier alpha value is -1.31. The summed E-state index contributed by atoms with van der Waals surface area (Å²) in [6, 6.07) is 0. The van der Waals surface area contributed by atoms with Crippen LogP contribution in [-0.2, 0) is 14.3 Å². The number of alkyl halides is 3. The molecule has 0 aromatic heterocycles. The Morgan fingerprint density at radius 3 is 2.08 bits per heavy atom. The Morgan fingerprint density at radius 2 is 1.60 bits per heavy atom. The van der Waals surface area contributed by atoms with Gasteiger partial charge in [-0.05, 0) is 68.6 Å². The largest absolute Gasteiger partial charge is 0.411 e. The minimum absolute atomic E-state index is 0.0436. The molecule has 0 spiro atoms. The van der Waals surface area contributed by atoms with Crippen LogP contribution < -0.4 is 10.9 Å². The van der Waals surface area contributed by atoms with Gasteiger partial charge >= 0.3 is 6.18 Å². The molecule has 8 heteroatoms. The van der Waals surface area contributed by atoms with Crippen molar-refractivity contribution < 1.29 is 27.5 Å². The Labute approximate surface area is 145 Å². The van der Waals surface area contributed by atoms with Crippen molar-refractivity contribution in [3.8, 4) is 0 Å². The van der Waals surface area contributed by atoms with E-state index in [4.69, 9.17) is 0 Å². The van der Waals surface area contributed by atoms with E-state index in [1.54, 1.807) is 0 Å². The minimum atomic E-state index is -4.49. The second-order valence-electron chi connectivity index (χ2n) is 8.20. The second kappa shape index (κ2) is 6.78. The third kappa shape index (κ3) is 4.65. The lowest BCUT2D eigenvalue weighted by Crippen LogP contribution is -2.51. The van der Waals surface area contributed by atoms with Crippen LogP contribution in [-0.4, -0.2) is 30.7 Å². The summed E-state index contributed by atoms with van der Waals surface area (Å²) in [7, 11) is 0. The van der Waals surface area contributed by atoms with Crippen molar-refractivity contribution in [2.24, 2.45) is 23.2 Å².